The molecule has 2 aliphatic carbocycles. The molecule has 33 heavy (non-hydrogen) atoms. The average Bonchev–Trinajstić information content (AvgIpc) is 3.71. The highest BCUT2D eigenvalue weighted by Gasteiger charge is 2.63. The number of hydrogen-bond acceptors (Lipinski definition) is 5. The van der Waals surface area contributed by atoms with Crippen LogP contribution in [-0.2, 0) is 10.2 Å². The first-order valence-corrected chi connectivity index (χ1v) is 11.3. The highest BCUT2D eigenvalue weighted by atomic mass is 16.2. The first-order chi connectivity index (χ1) is 15.8. The normalized spacial score (nSPS) is 21.1. The lowest BCUT2D eigenvalue weighted by Gasteiger charge is -2.20. The maximum Gasteiger partial charge on any atom is 0.270 e. The third kappa shape index (κ3) is 3.14. The Bertz CT molecular complexity index is 1310. The van der Waals surface area contributed by atoms with E-state index in [4.69, 9.17) is 0 Å². The second-order valence-electron chi connectivity index (χ2n) is 9.99. The minimum atomic E-state index is -0.704. The van der Waals surface area contributed by atoms with Crippen molar-refractivity contribution in [3.05, 3.63) is 65.9 Å². The van der Waals surface area contributed by atoms with Crippen molar-refractivity contribution in [3.63, 3.8) is 0 Å². The molecule has 2 saturated carbocycles. The van der Waals surface area contributed by atoms with Gasteiger partial charge in [-0.1, -0.05) is 18.2 Å². The maximum absolute atomic E-state index is 13.5. The molecule has 6 rings (SSSR count). The van der Waals surface area contributed by atoms with Crippen molar-refractivity contribution in [1.29, 1.82) is 0 Å². The van der Waals surface area contributed by atoms with Crippen LogP contribution in [-0.4, -0.2) is 32.8 Å². The smallest absolute Gasteiger partial charge is 0.270 e. The summed E-state index contributed by atoms with van der Waals surface area (Å²) in [5, 5.41) is 3.10. The molecule has 0 bridgehead atoms. The minimum Gasteiger partial charge on any atom is -0.347 e. The number of nitrogens with one attached hydrogen (secondary N) is 1. The maximum atomic E-state index is 13.5. The summed E-state index contributed by atoms with van der Waals surface area (Å²) < 4.78 is 0. The molecular weight excluding hydrogens is 414 g/mol. The lowest BCUT2D eigenvalue weighted by atomic mass is 9.85. The number of aryl methyl sites for hydroxylation is 1. The molecule has 1 spiro atoms. The van der Waals surface area contributed by atoms with Crippen molar-refractivity contribution in [2.45, 2.75) is 51.5 Å². The number of nitrogens with zero attached hydrogens (tertiary/aromatic N) is 4. The first-order valence-electron chi connectivity index (χ1n) is 11.3. The standard InChI is InChI=1S/C26H25N5O2/c1-15-27-13-17(14-28-15)16-7-8-18-20(11-16)31(24(33)25(18,2)3)22-6-4-5-19(29-22)23(32)30-21-12-26(21)9-10-26/h4-8,11,13-14,21H,9-10,12H2,1-3H3,(H,30,32). The van der Waals surface area contributed by atoms with Crippen LogP contribution in [0.15, 0.2) is 48.8 Å². The number of carbonyl (C=O) groups is 2. The third-order valence-electron chi connectivity index (χ3n) is 7.35. The molecule has 2 fully saturated rings. The third-order valence-corrected chi connectivity index (χ3v) is 7.35. The van der Waals surface area contributed by atoms with Crippen LogP contribution in [0.5, 0.6) is 0 Å². The van der Waals surface area contributed by atoms with Crippen LogP contribution >= 0.6 is 0 Å². The molecule has 2 amide bonds. The van der Waals surface area contributed by atoms with Gasteiger partial charge in [0.05, 0.1) is 11.1 Å². The predicted octanol–water partition coefficient (Wildman–Crippen LogP) is 4.09. The lowest BCUT2D eigenvalue weighted by molar-refractivity contribution is -0.121. The molecule has 1 unspecified atom stereocenters. The molecule has 1 aliphatic heterocycles. The van der Waals surface area contributed by atoms with E-state index in [-0.39, 0.29) is 17.9 Å². The minimum absolute atomic E-state index is 0.0704. The topological polar surface area (TPSA) is 88.1 Å². The van der Waals surface area contributed by atoms with E-state index in [1.807, 2.05) is 39.0 Å². The van der Waals surface area contributed by atoms with E-state index in [2.05, 4.69) is 20.3 Å². The lowest BCUT2D eigenvalue weighted by Crippen LogP contribution is -2.34. The molecule has 3 heterocycles. The molecule has 0 saturated heterocycles. The van der Waals surface area contributed by atoms with Crippen molar-refractivity contribution in [2.75, 3.05) is 4.90 Å². The number of rotatable bonds is 4. The fourth-order valence-corrected chi connectivity index (χ4v) is 4.87. The summed E-state index contributed by atoms with van der Waals surface area (Å²) in [6.07, 6.45) is 7.03. The van der Waals surface area contributed by atoms with Gasteiger partial charge in [-0.2, -0.15) is 0 Å². The van der Waals surface area contributed by atoms with Gasteiger partial charge >= 0.3 is 0 Å². The molecule has 3 aromatic rings. The van der Waals surface area contributed by atoms with Crippen LogP contribution in [0.2, 0.25) is 0 Å². The SMILES string of the molecule is Cc1ncc(-c2ccc3c(c2)N(c2cccc(C(=O)NC4CC45CC5)n2)C(=O)C3(C)C)cn1. The molecule has 166 valence electrons. The van der Waals surface area contributed by atoms with Crippen molar-refractivity contribution in [1.82, 2.24) is 20.3 Å². The summed E-state index contributed by atoms with van der Waals surface area (Å²) in [4.78, 5) is 41.1. The molecule has 1 N–H and O–H groups in total. The Morgan fingerprint density at radius 2 is 1.85 bits per heavy atom. The van der Waals surface area contributed by atoms with E-state index in [1.165, 1.54) is 12.8 Å². The fourth-order valence-electron chi connectivity index (χ4n) is 4.87. The molecule has 7 nitrogen and oxygen atoms in total. The Morgan fingerprint density at radius 1 is 1.09 bits per heavy atom. The molecule has 3 aliphatic rings. The van der Waals surface area contributed by atoms with Crippen molar-refractivity contribution in [3.8, 4) is 11.1 Å². The average molecular weight is 440 g/mol. The first kappa shape index (κ1) is 20.0. The number of carbonyl (C=O) groups excluding carboxylic acids is 2. The highest BCUT2D eigenvalue weighted by Crippen LogP contribution is 2.65. The zero-order valence-electron chi connectivity index (χ0n) is 18.9. The number of anilines is 2. The van der Waals surface area contributed by atoms with Gasteiger partial charge in [0.25, 0.3) is 5.91 Å². The summed E-state index contributed by atoms with van der Waals surface area (Å²) in [6.45, 7) is 5.68. The number of pyridine rings is 1. The Kier molecular flexibility index (Phi) is 4.07. The zero-order chi connectivity index (χ0) is 23.0. The van der Waals surface area contributed by atoms with E-state index in [9.17, 15) is 9.59 Å². The van der Waals surface area contributed by atoms with Crippen molar-refractivity contribution >= 4 is 23.3 Å². The van der Waals surface area contributed by atoms with Gasteiger partial charge in [-0.15, -0.1) is 0 Å². The van der Waals surface area contributed by atoms with E-state index in [0.29, 0.717) is 22.8 Å². The van der Waals surface area contributed by atoms with Crippen LogP contribution in [0.4, 0.5) is 11.5 Å². The highest BCUT2D eigenvalue weighted by molar-refractivity contribution is 6.12. The molecule has 1 aromatic carbocycles. The number of benzene rings is 1. The van der Waals surface area contributed by atoms with Crippen molar-refractivity contribution in [2.24, 2.45) is 5.41 Å². The zero-order valence-corrected chi connectivity index (χ0v) is 18.9. The predicted molar refractivity (Wildman–Crippen MR) is 124 cm³/mol. The Labute approximate surface area is 192 Å². The Balaban J connectivity index is 1.37. The second-order valence-corrected chi connectivity index (χ2v) is 9.99. The summed E-state index contributed by atoms with van der Waals surface area (Å²) in [7, 11) is 0. The molecular formula is C26H25N5O2. The number of aromatic nitrogens is 3. The van der Waals surface area contributed by atoms with Gasteiger partial charge in [-0.3, -0.25) is 14.5 Å². The fraction of sp³-hybridized carbons (Fsp3) is 0.346. The van der Waals surface area contributed by atoms with Crippen LogP contribution in [0.25, 0.3) is 11.1 Å². The van der Waals surface area contributed by atoms with Gasteiger partial charge in [0.1, 0.15) is 17.3 Å². The van der Waals surface area contributed by atoms with Gasteiger partial charge in [0.2, 0.25) is 5.91 Å². The van der Waals surface area contributed by atoms with Crippen LogP contribution in [0, 0.1) is 12.3 Å². The van der Waals surface area contributed by atoms with E-state index in [1.54, 1.807) is 35.5 Å². The van der Waals surface area contributed by atoms with Crippen LogP contribution in [0.1, 0.15) is 55.0 Å². The Hall–Kier alpha value is -3.61. The van der Waals surface area contributed by atoms with Gasteiger partial charge < -0.3 is 5.32 Å². The van der Waals surface area contributed by atoms with Crippen LogP contribution < -0.4 is 10.2 Å². The summed E-state index contributed by atoms with van der Waals surface area (Å²) in [6, 6.07) is 11.5. The van der Waals surface area contributed by atoms with Crippen LogP contribution in [0.3, 0.4) is 0 Å². The monoisotopic (exact) mass is 439 g/mol. The number of amides is 2. The summed E-state index contributed by atoms with van der Waals surface area (Å²) >= 11 is 0. The van der Waals surface area contributed by atoms with E-state index in [0.717, 1.165) is 28.8 Å². The molecule has 0 radical (unpaired) electrons. The number of hydrogen-bond donors (Lipinski definition) is 1. The van der Waals surface area contributed by atoms with Gasteiger partial charge in [0.15, 0.2) is 0 Å². The van der Waals surface area contributed by atoms with E-state index < -0.39 is 5.41 Å². The largest absolute Gasteiger partial charge is 0.347 e. The van der Waals surface area contributed by atoms with Gasteiger partial charge in [-0.05, 0) is 74.8 Å². The summed E-state index contributed by atoms with van der Waals surface area (Å²) in [5.41, 5.74) is 3.49. The molecule has 1 atom stereocenters. The molecule has 7 heteroatoms. The molecule has 2 aromatic heterocycles. The van der Waals surface area contributed by atoms with Gasteiger partial charge in [0, 0.05) is 24.0 Å². The number of fused-ring (bicyclic) bond motifs is 1. The Morgan fingerprint density at radius 3 is 2.55 bits per heavy atom. The quantitative estimate of drug-likeness (QED) is 0.662. The summed E-state index contributed by atoms with van der Waals surface area (Å²) in [5.74, 6) is 0.908. The van der Waals surface area contributed by atoms with Gasteiger partial charge in [-0.25, -0.2) is 15.0 Å². The van der Waals surface area contributed by atoms with Crippen molar-refractivity contribution < 1.29 is 9.59 Å². The van der Waals surface area contributed by atoms with E-state index >= 15 is 0 Å². The second kappa shape index (κ2) is 6.70.